The van der Waals surface area contributed by atoms with Gasteiger partial charge in [0.25, 0.3) is 5.91 Å². The van der Waals surface area contributed by atoms with Gasteiger partial charge >= 0.3 is 0 Å². The van der Waals surface area contributed by atoms with Gasteiger partial charge in [0.1, 0.15) is 5.75 Å². The maximum Gasteiger partial charge on any atom is 0.255 e. The van der Waals surface area contributed by atoms with Gasteiger partial charge in [0.2, 0.25) is 0 Å². The van der Waals surface area contributed by atoms with Crippen molar-refractivity contribution in [3.8, 4) is 5.75 Å². The zero-order valence-corrected chi connectivity index (χ0v) is 9.68. The van der Waals surface area contributed by atoms with Gasteiger partial charge in [-0.05, 0) is 6.07 Å². The van der Waals surface area contributed by atoms with Crippen molar-refractivity contribution < 1.29 is 19.4 Å². The molecule has 0 saturated heterocycles. The second-order valence-corrected chi connectivity index (χ2v) is 3.25. The number of pyridine rings is 1. The third-order valence-corrected chi connectivity index (χ3v) is 2.01. The van der Waals surface area contributed by atoms with E-state index in [2.05, 4.69) is 10.3 Å². The van der Waals surface area contributed by atoms with Gasteiger partial charge in [0.05, 0.1) is 31.6 Å². The van der Waals surface area contributed by atoms with E-state index in [1.807, 2.05) is 0 Å². The lowest BCUT2D eigenvalue weighted by molar-refractivity contribution is 0.0692. The Labute approximate surface area is 99.6 Å². The third kappa shape index (κ3) is 4.80. The largest absolute Gasteiger partial charge is 0.505 e. The van der Waals surface area contributed by atoms with Crippen LogP contribution in [0.15, 0.2) is 18.5 Å². The summed E-state index contributed by atoms with van der Waals surface area (Å²) in [6.07, 6.45) is 2.67. The number of amides is 1. The Morgan fingerprint density at radius 1 is 1.47 bits per heavy atom. The lowest BCUT2D eigenvalue weighted by atomic mass is 10.2. The predicted octanol–water partition coefficient (Wildman–Crippen LogP) is 0.180. The molecule has 1 rings (SSSR count). The molecule has 94 valence electrons. The molecule has 0 aliphatic heterocycles. The van der Waals surface area contributed by atoms with Gasteiger partial charge in [-0.2, -0.15) is 0 Å². The minimum Gasteiger partial charge on any atom is -0.505 e. The average molecular weight is 240 g/mol. The number of aromatic hydroxyl groups is 1. The van der Waals surface area contributed by atoms with E-state index in [1.54, 1.807) is 7.11 Å². The Kier molecular flexibility index (Phi) is 5.98. The first-order valence-electron chi connectivity index (χ1n) is 5.23. The van der Waals surface area contributed by atoms with Crippen molar-refractivity contribution in [3.05, 3.63) is 24.0 Å². The van der Waals surface area contributed by atoms with Crippen LogP contribution in [0.25, 0.3) is 0 Å². The number of carbonyl (C=O) groups excluding carboxylic acids is 1. The van der Waals surface area contributed by atoms with Crippen LogP contribution in [0.1, 0.15) is 10.4 Å². The third-order valence-electron chi connectivity index (χ3n) is 2.01. The molecule has 0 radical (unpaired) electrons. The maximum absolute atomic E-state index is 11.6. The summed E-state index contributed by atoms with van der Waals surface area (Å²) in [5, 5.41) is 12.0. The Morgan fingerprint density at radius 3 is 3.00 bits per heavy atom. The lowest BCUT2D eigenvalue weighted by Gasteiger charge is -2.06. The highest BCUT2D eigenvalue weighted by Crippen LogP contribution is 2.12. The number of nitrogens with zero attached hydrogens (tertiary/aromatic N) is 1. The van der Waals surface area contributed by atoms with E-state index >= 15 is 0 Å². The zero-order valence-electron chi connectivity index (χ0n) is 9.68. The van der Waals surface area contributed by atoms with Crippen molar-refractivity contribution in [1.29, 1.82) is 0 Å². The van der Waals surface area contributed by atoms with E-state index in [0.717, 1.165) is 0 Å². The summed E-state index contributed by atoms with van der Waals surface area (Å²) >= 11 is 0. The molecule has 0 aromatic carbocycles. The summed E-state index contributed by atoms with van der Waals surface area (Å²) in [5.41, 5.74) is 0.205. The van der Waals surface area contributed by atoms with Crippen LogP contribution < -0.4 is 5.32 Å². The normalized spacial score (nSPS) is 10.2. The van der Waals surface area contributed by atoms with E-state index in [-0.39, 0.29) is 17.2 Å². The Bertz CT molecular complexity index is 357. The van der Waals surface area contributed by atoms with Crippen molar-refractivity contribution in [2.75, 3.05) is 33.5 Å². The van der Waals surface area contributed by atoms with Crippen LogP contribution in [0.5, 0.6) is 5.75 Å². The molecular weight excluding hydrogens is 224 g/mol. The SMILES string of the molecule is COCCOCCNC(=O)c1ccncc1O. The van der Waals surface area contributed by atoms with Crippen molar-refractivity contribution in [2.45, 2.75) is 0 Å². The Hall–Kier alpha value is -1.66. The van der Waals surface area contributed by atoms with Gasteiger partial charge in [-0.3, -0.25) is 9.78 Å². The molecule has 0 fully saturated rings. The molecule has 2 N–H and O–H groups in total. The molecule has 0 bridgehead atoms. The van der Waals surface area contributed by atoms with Crippen molar-refractivity contribution in [2.24, 2.45) is 0 Å². The van der Waals surface area contributed by atoms with Crippen LogP contribution >= 0.6 is 0 Å². The first kappa shape index (κ1) is 13.4. The standard InChI is InChI=1S/C11H16N2O4/c1-16-6-7-17-5-4-13-11(15)9-2-3-12-8-10(9)14/h2-3,8,14H,4-7H2,1H3,(H,13,15). The first-order valence-corrected chi connectivity index (χ1v) is 5.23. The van der Waals surface area contributed by atoms with Gasteiger partial charge in [-0.25, -0.2) is 0 Å². The van der Waals surface area contributed by atoms with E-state index < -0.39 is 0 Å². The first-order chi connectivity index (χ1) is 8.25. The number of aromatic nitrogens is 1. The van der Waals surface area contributed by atoms with E-state index in [4.69, 9.17) is 9.47 Å². The summed E-state index contributed by atoms with van der Waals surface area (Å²) in [5.74, 6) is -0.481. The molecule has 6 heteroatoms. The number of hydrogen-bond acceptors (Lipinski definition) is 5. The number of ether oxygens (including phenoxy) is 2. The van der Waals surface area contributed by atoms with Gasteiger partial charge in [-0.15, -0.1) is 0 Å². The number of hydrogen-bond donors (Lipinski definition) is 2. The highest BCUT2D eigenvalue weighted by molar-refractivity contribution is 5.96. The smallest absolute Gasteiger partial charge is 0.255 e. The van der Waals surface area contributed by atoms with Crippen molar-refractivity contribution >= 4 is 5.91 Å². The van der Waals surface area contributed by atoms with E-state index in [9.17, 15) is 9.90 Å². The molecule has 1 amide bonds. The molecule has 6 nitrogen and oxygen atoms in total. The number of methoxy groups -OCH3 is 1. The Balaban J connectivity index is 2.24. The summed E-state index contributed by atoms with van der Waals surface area (Å²) in [6, 6.07) is 1.45. The highest BCUT2D eigenvalue weighted by Gasteiger charge is 2.09. The van der Waals surface area contributed by atoms with Crippen LogP contribution in [0.2, 0.25) is 0 Å². The fourth-order valence-electron chi connectivity index (χ4n) is 1.15. The van der Waals surface area contributed by atoms with Crippen LogP contribution in [0.4, 0.5) is 0 Å². The number of carbonyl (C=O) groups is 1. The molecule has 0 unspecified atom stereocenters. The molecule has 0 aliphatic rings. The average Bonchev–Trinajstić information content (AvgIpc) is 2.34. The molecule has 1 aromatic heterocycles. The highest BCUT2D eigenvalue weighted by atomic mass is 16.5. The monoisotopic (exact) mass is 240 g/mol. The predicted molar refractivity (Wildman–Crippen MR) is 60.9 cm³/mol. The molecule has 0 saturated carbocycles. The van der Waals surface area contributed by atoms with E-state index in [1.165, 1.54) is 18.5 Å². The van der Waals surface area contributed by atoms with E-state index in [0.29, 0.717) is 26.4 Å². The van der Waals surface area contributed by atoms with Gasteiger partial charge in [-0.1, -0.05) is 0 Å². The molecular formula is C11H16N2O4. The number of nitrogens with one attached hydrogen (secondary N) is 1. The fourth-order valence-corrected chi connectivity index (χ4v) is 1.15. The summed E-state index contributed by atoms with van der Waals surface area (Å²) in [7, 11) is 1.59. The lowest BCUT2D eigenvalue weighted by Crippen LogP contribution is -2.27. The van der Waals surface area contributed by atoms with Crippen molar-refractivity contribution in [3.63, 3.8) is 0 Å². The molecule has 1 heterocycles. The number of rotatable bonds is 7. The molecule has 1 aromatic rings. The van der Waals surface area contributed by atoms with Gasteiger partial charge < -0.3 is 19.9 Å². The fraction of sp³-hybridized carbons (Fsp3) is 0.455. The quantitative estimate of drug-likeness (QED) is 0.664. The maximum atomic E-state index is 11.6. The minimum absolute atomic E-state index is 0.134. The summed E-state index contributed by atoms with van der Waals surface area (Å²) in [4.78, 5) is 15.3. The molecule has 0 aliphatic carbocycles. The topological polar surface area (TPSA) is 80.7 Å². The molecule has 0 spiro atoms. The zero-order chi connectivity index (χ0) is 12.5. The van der Waals surface area contributed by atoms with Crippen LogP contribution in [0.3, 0.4) is 0 Å². The van der Waals surface area contributed by atoms with Crippen LogP contribution in [-0.4, -0.2) is 49.5 Å². The van der Waals surface area contributed by atoms with Gasteiger partial charge in [0, 0.05) is 19.9 Å². The molecule has 17 heavy (non-hydrogen) atoms. The molecule has 0 atom stereocenters. The van der Waals surface area contributed by atoms with Crippen LogP contribution in [0, 0.1) is 0 Å². The second kappa shape index (κ2) is 7.59. The Morgan fingerprint density at radius 2 is 2.29 bits per heavy atom. The second-order valence-electron chi connectivity index (χ2n) is 3.25. The van der Waals surface area contributed by atoms with Gasteiger partial charge in [0.15, 0.2) is 0 Å². The van der Waals surface area contributed by atoms with Crippen molar-refractivity contribution in [1.82, 2.24) is 10.3 Å². The summed E-state index contributed by atoms with van der Waals surface area (Å²) < 4.78 is 9.98. The summed E-state index contributed by atoms with van der Waals surface area (Å²) in [6.45, 7) is 1.80. The minimum atomic E-state index is -0.347. The van der Waals surface area contributed by atoms with Crippen LogP contribution in [-0.2, 0) is 9.47 Å².